The molecule has 2 aromatic rings. The van der Waals surface area contributed by atoms with Crippen LogP contribution in [0.4, 0.5) is 0 Å². The zero-order valence-electron chi connectivity index (χ0n) is 11.6. The molecule has 1 aromatic carbocycles. The average molecular weight is 287 g/mol. The standard InChI is InChI=1S/C16H17NO2S/c1-9(2)13-14(16(18)19)20-15(17-13)12-7-10-5-3-4-6-11(10)8-12/h3-6,9,12H,7-8H2,1-2H3,(H,18,19). The molecule has 0 aliphatic heterocycles. The lowest BCUT2D eigenvalue weighted by Gasteiger charge is -2.04. The van der Waals surface area contributed by atoms with Crippen molar-refractivity contribution in [3.8, 4) is 0 Å². The molecule has 0 atom stereocenters. The fourth-order valence-corrected chi connectivity index (χ4v) is 3.96. The number of hydrogen-bond donors (Lipinski definition) is 1. The van der Waals surface area contributed by atoms with Crippen LogP contribution in [0.1, 0.15) is 57.2 Å². The first-order valence-corrected chi connectivity index (χ1v) is 7.68. The van der Waals surface area contributed by atoms with Crippen molar-refractivity contribution in [2.24, 2.45) is 0 Å². The maximum atomic E-state index is 11.3. The summed E-state index contributed by atoms with van der Waals surface area (Å²) in [7, 11) is 0. The van der Waals surface area contributed by atoms with Gasteiger partial charge in [0.05, 0.1) is 10.7 Å². The molecule has 0 bridgehead atoms. The molecule has 0 unspecified atom stereocenters. The summed E-state index contributed by atoms with van der Waals surface area (Å²) in [5, 5.41) is 10.3. The first-order valence-electron chi connectivity index (χ1n) is 6.87. The molecule has 0 fully saturated rings. The van der Waals surface area contributed by atoms with E-state index < -0.39 is 5.97 Å². The van der Waals surface area contributed by atoms with E-state index in [1.54, 1.807) is 0 Å². The zero-order chi connectivity index (χ0) is 14.3. The van der Waals surface area contributed by atoms with Gasteiger partial charge in [-0.25, -0.2) is 9.78 Å². The van der Waals surface area contributed by atoms with Gasteiger partial charge in [-0.2, -0.15) is 0 Å². The van der Waals surface area contributed by atoms with Crippen molar-refractivity contribution in [1.29, 1.82) is 0 Å². The Morgan fingerprint density at radius 1 is 1.30 bits per heavy atom. The molecule has 104 valence electrons. The molecule has 3 nitrogen and oxygen atoms in total. The number of aromatic nitrogens is 1. The van der Waals surface area contributed by atoms with Crippen molar-refractivity contribution in [3.63, 3.8) is 0 Å². The topological polar surface area (TPSA) is 50.2 Å². The van der Waals surface area contributed by atoms with Gasteiger partial charge in [-0.15, -0.1) is 11.3 Å². The van der Waals surface area contributed by atoms with E-state index in [0.29, 0.717) is 10.8 Å². The highest BCUT2D eigenvalue weighted by atomic mass is 32.1. The number of rotatable bonds is 3. The SMILES string of the molecule is CC(C)c1nc(C2Cc3ccccc3C2)sc1C(=O)O. The summed E-state index contributed by atoms with van der Waals surface area (Å²) in [6.07, 6.45) is 1.95. The molecular formula is C16H17NO2S. The third-order valence-corrected chi connectivity index (χ3v) is 5.03. The highest BCUT2D eigenvalue weighted by Gasteiger charge is 2.28. The van der Waals surface area contributed by atoms with Crippen LogP contribution in [0, 0.1) is 0 Å². The number of nitrogens with zero attached hydrogens (tertiary/aromatic N) is 1. The summed E-state index contributed by atoms with van der Waals surface area (Å²) >= 11 is 1.35. The summed E-state index contributed by atoms with van der Waals surface area (Å²) < 4.78 is 0. The van der Waals surface area contributed by atoms with Gasteiger partial charge >= 0.3 is 5.97 Å². The summed E-state index contributed by atoms with van der Waals surface area (Å²) in [6, 6.07) is 8.44. The van der Waals surface area contributed by atoms with Crippen LogP contribution in [0.3, 0.4) is 0 Å². The van der Waals surface area contributed by atoms with Crippen molar-refractivity contribution in [3.05, 3.63) is 51.0 Å². The number of hydrogen-bond acceptors (Lipinski definition) is 3. The third kappa shape index (κ3) is 2.24. The van der Waals surface area contributed by atoms with Gasteiger partial charge in [0, 0.05) is 5.92 Å². The van der Waals surface area contributed by atoms with Gasteiger partial charge in [-0.05, 0) is 29.9 Å². The fourth-order valence-electron chi connectivity index (χ4n) is 2.80. The number of benzene rings is 1. The van der Waals surface area contributed by atoms with Gasteiger partial charge in [-0.1, -0.05) is 38.1 Å². The molecule has 4 heteroatoms. The van der Waals surface area contributed by atoms with Crippen LogP contribution in [0.15, 0.2) is 24.3 Å². The minimum absolute atomic E-state index is 0.148. The van der Waals surface area contributed by atoms with Gasteiger partial charge in [0.25, 0.3) is 0 Å². The van der Waals surface area contributed by atoms with Gasteiger partial charge in [-0.3, -0.25) is 0 Å². The van der Waals surface area contributed by atoms with E-state index in [9.17, 15) is 9.90 Å². The smallest absolute Gasteiger partial charge is 0.347 e. The zero-order valence-corrected chi connectivity index (χ0v) is 12.4. The fraction of sp³-hybridized carbons (Fsp3) is 0.375. The van der Waals surface area contributed by atoms with Gasteiger partial charge in [0.2, 0.25) is 0 Å². The quantitative estimate of drug-likeness (QED) is 0.933. The van der Waals surface area contributed by atoms with Crippen molar-refractivity contribution in [2.75, 3.05) is 0 Å². The van der Waals surface area contributed by atoms with Crippen LogP contribution in [0.5, 0.6) is 0 Å². The lowest BCUT2D eigenvalue weighted by atomic mass is 10.1. The van der Waals surface area contributed by atoms with E-state index >= 15 is 0 Å². The predicted molar refractivity (Wildman–Crippen MR) is 79.8 cm³/mol. The Morgan fingerprint density at radius 2 is 1.90 bits per heavy atom. The lowest BCUT2D eigenvalue weighted by molar-refractivity contribution is 0.0700. The Bertz CT molecular complexity index is 635. The van der Waals surface area contributed by atoms with Gasteiger partial charge in [0.15, 0.2) is 0 Å². The average Bonchev–Trinajstić information content (AvgIpc) is 3.02. The number of fused-ring (bicyclic) bond motifs is 1. The van der Waals surface area contributed by atoms with Crippen molar-refractivity contribution in [2.45, 2.75) is 38.5 Å². The molecule has 1 N–H and O–H groups in total. The Morgan fingerprint density at radius 3 is 2.35 bits per heavy atom. The minimum Gasteiger partial charge on any atom is -0.477 e. The number of carbonyl (C=O) groups is 1. The van der Waals surface area contributed by atoms with E-state index in [0.717, 1.165) is 23.5 Å². The maximum Gasteiger partial charge on any atom is 0.347 e. The second-order valence-corrected chi connectivity index (χ2v) is 6.63. The molecule has 0 spiro atoms. The largest absolute Gasteiger partial charge is 0.477 e. The monoisotopic (exact) mass is 287 g/mol. The lowest BCUT2D eigenvalue weighted by Crippen LogP contribution is -2.01. The van der Waals surface area contributed by atoms with Crippen molar-refractivity contribution >= 4 is 17.3 Å². The van der Waals surface area contributed by atoms with E-state index in [-0.39, 0.29) is 5.92 Å². The van der Waals surface area contributed by atoms with E-state index in [4.69, 9.17) is 0 Å². The Labute approximate surface area is 122 Å². The third-order valence-electron chi connectivity index (χ3n) is 3.81. The summed E-state index contributed by atoms with van der Waals surface area (Å²) in [6.45, 7) is 3.99. The van der Waals surface area contributed by atoms with Gasteiger partial charge < -0.3 is 5.11 Å². The van der Waals surface area contributed by atoms with Crippen LogP contribution >= 0.6 is 11.3 Å². The molecule has 0 amide bonds. The summed E-state index contributed by atoms with van der Waals surface area (Å²) in [5.74, 6) is -0.370. The maximum absolute atomic E-state index is 11.3. The van der Waals surface area contributed by atoms with Crippen LogP contribution in [0.25, 0.3) is 0 Å². The molecule has 0 saturated carbocycles. The van der Waals surface area contributed by atoms with Crippen LogP contribution in [0.2, 0.25) is 0 Å². The molecule has 1 aliphatic carbocycles. The summed E-state index contributed by atoms with van der Waals surface area (Å²) in [5.41, 5.74) is 3.47. The van der Waals surface area contributed by atoms with Crippen molar-refractivity contribution < 1.29 is 9.90 Å². The van der Waals surface area contributed by atoms with Crippen LogP contribution in [-0.4, -0.2) is 16.1 Å². The molecule has 20 heavy (non-hydrogen) atoms. The summed E-state index contributed by atoms with van der Waals surface area (Å²) in [4.78, 5) is 16.4. The Hall–Kier alpha value is -1.68. The second-order valence-electron chi connectivity index (χ2n) is 5.60. The number of carboxylic acids is 1. The molecular weight excluding hydrogens is 270 g/mol. The number of thiazole rings is 1. The first-order chi connectivity index (χ1) is 9.56. The Kier molecular flexibility index (Phi) is 3.34. The van der Waals surface area contributed by atoms with E-state index in [1.165, 1.54) is 22.5 Å². The normalized spacial score (nSPS) is 14.8. The molecule has 0 saturated heterocycles. The highest BCUT2D eigenvalue weighted by Crippen LogP contribution is 2.37. The molecule has 1 heterocycles. The molecule has 1 aliphatic rings. The second kappa shape index (κ2) is 5.02. The number of carboxylic acid groups (broad SMARTS) is 1. The van der Waals surface area contributed by atoms with E-state index in [2.05, 4.69) is 29.2 Å². The molecule has 1 aromatic heterocycles. The Balaban J connectivity index is 1.93. The molecule has 3 rings (SSSR count). The van der Waals surface area contributed by atoms with E-state index in [1.807, 2.05) is 13.8 Å². The molecule has 0 radical (unpaired) electrons. The van der Waals surface area contributed by atoms with Crippen LogP contribution < -0.4 is 0 Å². The van der Waals surface area contributed by atoms with Crippen molar-refractivity contribution in [1.82, 2.24) is 4.98 Å². The predicted octanol–water partition coefficient (Wildman–Crippen LogP) is 3.85. The van der Waals surface area contributed by atoms with Gasteiger partial charge in [0.1, 0.15) is 4.88 Å². The van der Waals surface area contributed by atoms with Crippen LogP contribution in [-0.2, 0) is 12.8 Å². The first kappa shape index (κ1) is 13.3. The number of aromatic carboxylic acids is 1. The minimum atomic E-state index is -0.854. The highest BCUT2D eigenvalue weighted by molar-refractivity contribution is 7.13.